The fourth-order valence-electron chi connectivity index (χ4n) is 5.84. The number of rotatable bonds is 13. The number of nitrogens with zero attached hydrogens (tertiary/aromatic N) is 2. The number of ether oxygens (including phenoxy) is 1. The van der Waals surface area contributed by atoms with Crippen LogP contribution in [0.15, 0.2) is 120 Å². The summed E-state index contributed by atoms with van der Waals surface area (Å²) in [5.41, 5.74) is 8.70. The SMILES string of the molecule is CN=C(N)NCCCC1NC(CNC(=O)c2ccc(Oc3ccccc3)cc2)CCN(CC(c2ccccc2)c2ccccc2)C1=O. The largest absolute Gasteiger partial charge is 0.457 e. The van der Waals surface area contributed by atoms with Crippen molar-refractivity contribution in [1.29, 1.82) is 0 Å². The standard InChI is InChI=1S/C38H44N6O3/c1-40-38(39)41-24-11-18-35-37(46)44(27-34(28-12-5-2-6-13-28)29-14-7-3-8-15-29)25-23-31(43-35)26-42-36(45)30-19-21-33(22-20-30)47-32-16-9-4-10-17-32/h2-10,12-17,19-22,31,34-35,43H,11,18,23-27H2,1H3,(H,42,45)(H3,39,40,41). The average molecular weight is 633 g/mol. The molecule has 0 aromatic heterocycles. The molecule has 0 saturated carbocycles. The van der Waals surface area contributed by atoms with E-state index in [1.165, 1.54) is 11.1 Å². The monoisotopic (exact) mass is 632 g/mol. The Hall–Kier alpha value is -5.15. The van der Waals surface area contributed by atoms with E-state index in [4.69, 9.17) is 10.5 Å². The molecule has 1 fully saturated rings. The van der Waals surface area contributed by atoms with Gasteiger partial charge in [0, 0.05) is 50.7 Å². The molecular weight excluding hydrogens is 588 g/mol. The summed E-state index contributed by atoms with van der Waals surface area (Å²) in [6.07, 6.45) is 2.05. The first-order chi connectivity index (χ1) is 23.0. The Kier molecular flexibility index (Phi) is 12.0. The summed E-state index contributed by atoms with van der Waals surface area (Å²) in [4.78, 5) is 33.2. The van der Waals surface area contributed by atoms with Gasteiger partial charge in [-0.25, -0.2) is 0 Å². The summed E-state index contributed by atoms with van der Waals surface area (Å²) in [6.45, 7) is 2.15. The van der Waals surface area contributed by atoms with Crippen molar-refractivity contribution in [1.82, 2.24) is 20.9 Å². The Bertz CT molecular complexity index is 1540. The van der Waals surface area contributed by atoms with Gasteiger partial charge in [-0.05, 0) is 66.8 Å². The zero-order chi connectivity index (χ0) is 32.8. The summed E-state index contributed by atoms with van der Waals surface area (Å²) in [7, 11) is 1.64. The van der Waals surface area contributed by atoms with E-state index >= 15 is 0 Å². The Morgan fingerprint density at radius 2 is 1.49 bits per heavy atom. The molecule has 0 radical (unpaired) electrons. The van der Waals surface area contributed by atoms with Crippen LogP contribution in [0.5, 0.6) is 11.5 Å². The van der Waals surface area contributed by atoms with Crippen molar-refractivity contribution in [3.63, 3.8) is 0 Å². The van der Waals surface area contributed by atoms with Crippen molar-refractivity contribution in [2.45, 2.75) is 37.3 Å². The first-order valence-corrected chi connectivity index (χ1v) is 16.2. The molecule has 2 amide bonds. The number of nitrogens with one attached hydrogen (secondary N) is 3. The van der Waals surface area contributed by atoms with Gasteiger partial charge >= 0.3 is 0 Å². The molecule has 0 aliphatic carbocycles. The molecule has 1 aliphatic rings. The van der Waals surface area contributed by atoms with Gasteiger partial charge in [0.2, 0.25) is 5.91 Å². The second-order valence-electron chi connectivity index (χ2n) is 11.7. The molecule has 0 bridgehead atoms. The molecule has 1 aliphatic heterocycles. The molecule has 244 valence electrons. The van der Waals surface area contributed by atoms with Crippen LogP contribution in [0, 0.1) is 0 Å². The third-order valence-electron chi connectivity index (χ3n) is 8.42. The van der Waals surface area contributed by atoms with Crippen LogP contribution in [-0.2, 0) is 4.79 Å². The van der Waals surface area contributed by atoms with Crippen molar-refractivity contribution in [2.75, 3.05) is 33.2 Å². The lowest BCUT2D eigenvalue weighted by atomic mass is 9.90. The second-order valence-corrected chi connectivity index (χ2v) is 11.7. The van der Waals surface area contributed by atoms with Gasteiger partial charge in [-0.3, -0.25) is 14.6 Å². The summed E-state index contributed by atoms with van der Waals surface area (Å²) >= 11 is 0. The van der Waals surface area contributed by atoms with Crippen molar-refractivity contribution in [3.05, 3.63) is 132 Å². The fourth-order valence-corrected chi connectivity index (χ4v) is 5.84. The van der Waals surface area contributed by atoms with Gasteiger partial charge in [0.05, 0.1) is 6.04 Å². The number of para-hydroxylation sites is 1. The Morgan fingerprint density at radius 3 is 2.11 bits per heavy atom. The van der Waals surface area contributed by atoms with Gasteiger partial charge in [0.25, 0.3) is 5.91 Å². The number of hydrogen-bond acceptors (Lipinski definition) is 5. The minimum Gasteiger partial charge on any atom is -0.457 e. The van der Waals surface area contributed by atoms with E-state index < -0.39 is 6.04 Å². The normalized spacial score (nSPS) is 16.9. The minimum absolute atomic E-state index is 0.0364. The van der Waals surface area contributed by atoms with E-state index in [0.29, 0.717) is 56.3 Å². The predicted octanol–water partition coefficient (Wildman–Crippen LogP) is 4.91. The maximum absolute atomic E-state index is 14.1. The molecule has 1 heterocycles. The molecular formula is C38H44N6O3. The number of nitrogens with two attached hydrogens (primary N) is 1. The number of carbonyl (C=O) groups excluding carboxylic acids is 2. The summed E-state index contributed by atoms with van der Waals surface area (Å²) in [6, 6.07) is 36.8. The third kappa shape index (κ3) is 9.67. The highest BCUT2D eigenvalue weighted by atomic mass is 16.5. The highest BCUT2D eigenvalue weighted by Gasteiger charge is 2.32. The van der Waals surface area contributed by atoms with Crippen LogP contribution in [0.25, 0.3) is 0 Å². The van der Waals surface area contributed by atoms with Gasteiger partial charge in [-0.2, -0.15) is 0 Å². The van der Waals surface area contributed by atoms with Gasteiger partial charge in [0.1, 0.15) is 11.5 Å². The smallest absolute Gasteiger partial charge is 0.251 e. The molecule has 2 unspecified atom stereocenters. The Morgan fingerprint density at radius 1 is 0.894 bits per heavy atom. The van der Waals surface area contributed by atoms with Crippen LogP contribution < -0.4 is 26.4 Å². The lowest BCUT2D eigenvalue weighted by Gasteiger charge is -2.29. The molecule has 5 N–H and O–H groups in total. The molecule has 9 heteroatoms. The highest BCUT2D eigenvalue weighted by Crippen LogP contribution is 2.27. The molecule has 5 rings (SSSR count). The van der Waals surface area contributed by atoms with Gasteiger partial charge in [-0.1, -0.05) is 78.9 Å². The summed E-state index contributed by atoms with van der Waals surface area (Å²) < 4.78 is 5.86. The molecule has 2 atom stereocenters. The Balaban J connectivity index is 1.26. The van der Waals surface area contributed by atoms with Gasteiger partial charge < -0.3 is 31.3 Å². The zero-order valence-electron chi connectivity index (χ0n) is 26.8. The van der Waals surface area contributed by atoms with Crippen molar-refractivity contribution in [2.24, 2.45) is 10.7 Å². The maximum atomic E-state index is 14.1. The fraction of sp³-hybridized carbons (Fsp3) is 0.289. The van der Waals surface area contributed by atoms with E-state index in [1.54, 1.807) is 31.3 Å². The lowest BCUT2D eigenvalue weighted by molar-refractivity contribution is -0.133. The number of hydrogen-bond donors (Lipinski definition) is 4. The van der Waals surface area contributed by atoms with E-state index in [9.17, 15) is 9.59 Å². The first kappa shape index (κ1) is 33.2. The number of benzene rings is 4. The molecule has 9 nitrogen and oxygen atoms in total. The van der Waals surface area contributed by atoms with Crippen molar-refractivity contribution >= 4 is 17.8 Å². The highest BCUT2D eigenvalue weighted by molar-refractivity contribution is 5.94. The Labute approximate surface area is 277 Å². The van der Waals surface area contributed by atoms with Crippen LogP contribution in [0.4, 0.5) is 0 Å². The first-order valence-electron chi connectivity index (χ1n) is 16.2. The van der Waals surface area contributed by atoms with Gasteiger partial charge in [0.15, 0.2) is 5.96 Å². The maximum Gasteiger partial charge on any atom is 0.251 e. The van der Waals surface area contributed by atoms with E-state index in [0.717, 1.165) is 12.2 Å². The molecule has 47 heavy (non-hydrogen) atoms. The molecule has 1 saturated heterocycles. The molecule has 4 aromatic rings. The van der Waals surface area contributed by atoms with E-state index in [-0.39, 0.29) is 23.8 Å². The zero-order valence-corrected chi connectivity index (χ0v) is 26.8. The van der Waals surface area contributed by atoms with Crippen molar-refractivity contribution < 1.29 is 14.3 Å². The van der Waals surface area contributed by atoms with Crippen molar-refractivity contribution in [3.8, 4) is 11.5 Å². The van der Waals surface area contributed by atoms with Crippen LogP contribution in [-0.4, -0.2) is 68.0 Å². The molecule has 4 aromatic carbocycles. The van der Waals surface area contributed by atoms with Crippen LogP contribution in [0.3, 0.4) is 0 Å². The average Bonchev–Trinajstić information content (AvgIpc) is 3.27. The number of carbonyl (C=O) groups is 2. The quantitative estimate of drug-likeness (QED) is 0.0944. The summed E-state index contributed by atoms with van der Waals surface area (Å²) in [5.74, 6) is 1.70. The summed E-state index contributed by atoms with van der Waals surface area (Å²) in [5, 5.41) is 9.74. The third-order valence-corrected chi connectivity index (χ3v) is 8.42. The van der Waals surface area contributed by atoms with Crippen LogP contribution in [0.1, 0.15) is 46.7 Å². The lowest BCUT2D eigenvalue weighted by Crippen LogP contribution is -2.49. The van der Waals surface area contributed by atoms with E-state index in [2.05, 4.69) is 45.2 Å². The predicted molar refractivity (Wildman–Crippen MR) is 187 cm³/mol. The topological polar surface area (TPSA) is 121 Å². The van der Waals surface area contributed by atoms with E-state index in [1.807, 2.05) is 71.6 Å². The molecule has 0 spiro atoms. The minimum atomic E-state index is -0.400. The number of amides is 2. The number of aliphatic imine (C=N–C) groups is 1. The van der Waals surface area contributed by atoms with Crippen LogP contribution in [0.2, 0.25) is 0 Å². The van der Waals surface area contributed by atoms with Crippen LogP contribution >= 0.6 is 0 Å². The second kappa shape index (κ2) is 17.0. The van der Waals surface area contributed by atoms with Gasteiger partial charge in [-0.15, -0.1) is 0 Å². The number of guanidine groups is 1.